The minimum absolute atomic E-state index is 0.441. The van der Waals surface area contributed by atoms with Crippen molar-refractivity contribution in [3.8, 4) is 6.07 Å². The maximum absolute atomic E-state index is 12.5. The first kappa shape index (κ1) is 7.89. The van der Waals surface area contributed by atoms with E-state index < -0.39 is 22.5 Å². The molecule has 1 aromatic rings. The Kier molecular flexibility index (Phi) is 2.01. The molecular weight excluding hydrogens is 174 g/mol. The Hall–Kier alpha value is -1.21. The van der Waals surface area contributed by atoms with Crippen LogP contribution in [0.3, 0.4) is 0 Å². The van der Waals surface area contributed by atoms with Gasteiger partial charge in [-0.25, -0.2) is 9.37 Å². The molecule has 56 valence electrons. The fourth-order valence-electron chi connectivity index (χ4n) is 0.543. The molecule has 1 heterocycles. The topological polar surface area (TPSA) is 36.7 Å². The van der Waals surface area contributed by atoms with Crippen LogP contribution < -0.4 is 0 Å². The Bertz CT molecular complexity index is 332. The van der Waals surface area contributed by atoms with Gasteiger partial charge in [-0.2, -0.15) is 9.65 Å². The molecule has 1 aromatic heterocycles. The van der Waals surface area contributed by atoms with Crippen LogP contribution in [0, 0.1) is 23.1 Å². The molecule has 5 heteroatoms. The first-order valence-corrected chi connectivity index (χ1v) is 2.94. The number of hydrogen-bond donors (Lipinski definition) is 0. The molecule has 0 aliphatic heterocycles. The van der Waals surface area contributed by atoms with Gasteiger partial charge in [0.2, 0.25) is 5.95 Å². The number of nitriles is 1. The zero-order valence-electron chi connectivity index (χ0n) is 5.11. The van der Waals surface area contributed by atoms with E-state index in [2.05, 4.69) is 4.98 Å². The van der Waals surface area contributed by atoms with Crippen LogP contribution in [0.15, 0.2) is 6.07 Å². The average Bonchev–Trinajstić information content (AvgIpc) is 1.96. The summed E-state index contributed by atoms with van der Waals surface area (Å²) in [5, 5.41) is 7.79. The number of pyridine rings is 1. The van der Waals surface area contributed by atoms with Gasteiger partial charge in [0, 0.05) is 6.07 Å². The minimum atomic E-state index is -1.05. The highest BCUT2D eigenvalue weighted by Gasteiger charge is 2.09. The van der Waals surface area contributed by atoms with Crippen molar-refractivity contribution in [2.75, 3.05) is 0 Å². The Morgan fingerprint density at radius 3 is 2.73 bits per heavy atom. The van der Waals surface area contributed by atoms with E-state index in [9.17, 15) is 8.78 Å². The van der Waals surface area contributed by atoms with Gasteiger partial charge in [-0.05, 0) is 0 Å². The SMILES string of the molecule is N#Cc1nc(F)cc(F)c1Cl. The van der Waals surface area contributed by atoms with E-state index in [0.717, 1.165) is 0 Å². The Morgan fingerprint density at radius 1 is 1.55 bits per heavy atom. The molecule has 0 fully saturated rings. The van der Waals surface area contributed by atoms with E-state index in [1.807, 2.05) is 0 Å². The van der Waals surface area contributed by atoms with Crippen LogP contribution in [-0.4, -0.2) is 4.98 Å². The van der Waals surface area contributed by atoms with Crippen LogP contribution in [0.4, 0.5) is 8.78 Å². The molecule has 0 atom stereocenters. The monoisotopic (exact) mass is 174 g/mol. The molecule has 0 bridgehead atoms. The second kappa shape index (κ2) is 2.81. The summed E-state index contributed by atoms with van der Waals surface area (Å²) in [6, 6.07) is 1.97. The van der Waals surface area contributed by atoms with Gasteiger partial charge >= 0.3 is 0 Å². The summed E-state index contributed by atoms with van der Waals surface area (Å²) in [4.78, 5) is 3.05. The molecule has 0 unspecified atom stereocenters. The molecule has 0 saturated carbocycles. The second-order valence-electron chi connectivity index (χ2n) is 1.70. The Labute approximate surface area is 66.0 Å². The lowest BCUT2D eigenvalue weighted by molar-refractivity contribution is 0.550. The van der Waals surface area contributed by atoms with E-state index in [1.54, 1.807) is 0 Å². The summed E-state index contributed by atoms with van der Waals surface area (Å²) in [5.74, 6) is -2.03. The third-order valence-corrected chi connectivity index (χ3v) is 1.35. The highest BCUT2D eigenvalue weighted by molar-refractivity contribution is 6.31. The van der Waals surface area contributed by atoms with E-state index >= 15 is 0 Å². The minimum Gasteiger partial charge on any atom is -0.207 e. The van der Waals surface area contributed by atoms with Crippen molar-refractivity contribution in [1.82, 2.24) is 4.98 Å². The van der Waals surface area contributed by atoms with Crippen molar-refractivity contribution in [1.29, 1.82) is 5.26 Å². The molecule has 0 aliphatic rings. The number of rotatable bonds is 0. The average molecular weight is 175 g/mol. The Balaban J connectivity index is 3.39. The largest absolute Gasteiger partial charge is 0.217 e. The summed E-state index contributed by atoms with van der Waals surface area (Å²) in [6.07, 6.45) is 0. The molecule has 2 nitrogen and oxygen atoms in total. The smallest absolute Gasteiger partial charge is 0.207 e. The maximum atomic E-state index is 12.5. The van der Waals surface area contributed by atoms with Gasteiger partial charge in [-0.1, -0.05) is 11.6 Å². The summed E-state index contributed by atoms with van der Waals surface area (Å²) < 4.78 is 24.7. The normalized spacial score (nSPS) is 9.27. The third-order valence-electron chi connectivity index (χ3n) is 0.988. The van der Waals surface area contributed by atoms with Gasteiger partial charge in [-0.15, -0.1) is 0 Å². The lowest BCUT2D eigenvalue weighted by atomic mass is 10.3. The summed E-state index contributed by atoms with van der Waals surface area (Å²) in [5.41, 5.74) is -0.441. The van der Waals surface area contributed by atoms with Crippen molar-refractivity contribution in [2.24, 2.45) is 0 Å². The van der Waals surface area contributed by atoms with E-state index in [-0.39, 0.29) is 0 Å². The van der Waals surface area contributed by atoms with Crippen molar-refractivity contribution >= 4 is 11.6 Å². The molecule has 11 heavy (non-hydrogen) atoms. The molecular formula is C6HClF2N2. The molecule has 0 saturated heterocycles. The van der Waals surface area contributed by atoms with Gasteiger partial charge in [0.05, 0.1) is 0 Å². The summed E-state index contributed by atoms with van der Waals surface area (Å²) >= 11 is 5.24. The fourth-order valence-corrected chi connectivity index (χ4v) is 0.682. The third kappa shape index (κ3) is 1.44. The van der Waals surface area contributed by atoms with Crippen molar-refractivity contribution < 1.29 is 8.78 Å². The Morgan fingerprint density at radius 2 is 2.18 bits per heavy atom. The van der Waals surface area contributed by atoms with Crippen molar-refractivity contribution in [3.05, 3.63) is 28.5 Å². The summed E-state index contributed by atoms with van der Waals surface area (Å²) in [6.45, 7) is 0. The van der Waals surface area contributed by atoms with Crippen LogP contribution in [0.2, 0.25) is 5.02 Å². The number of aromatic nitrogens is 1. The molecule has 0 aromatic carbocycles. The quantitative estimate of drug-likeness (QED) is 0.563. The van der Waals surface area contributed by atoms with Crippen LogP contribution in [0.25, 0.3) is 0 Å². The first-order valence-electron chi connectivity index (χ1n) is 2.57. The molecule has 0 N–H and O–H groups in total. The predicted octanol–water partition coefficient (Wildman–Crippen LogP) is 1.88. The fraction of sp³-hybridized carbons (Fsp3) is 0. The van der Waals surface area contributed by atoms with Crippen molar-refractivity contribution in [3.63, 3.8) is 0 Å². The molecule has 0 spiro atoms. The van der Waals surface area contributed by atoms with Crippen LogP contribution >= 0.6 is 11.6 Å². The van der Waals surface area contributed by atoms with Gasteiger partial charge in [-0.3, -0.25) is 0 Å². The van der Waals surface area contributed by atoms with Gasteiger partial charge in [0.15, 0.2) is 5.69 Å². The molecule has 0 radical (unpaired) electrons. The number of halogens is 3. The maximum Gasteiger partial charge on any atom is 0.217 e. The molecule has 0 amide bonds. The highest BCUT2D eigenvalue weighted by atomic mass is 35.5. The molecule has 1 rings (SSSR count). The summed E-state index contributed by atoms with van der Waals surface area (Å²) in [7, 11) is 0. The van der Waals surface area contributed by atoms with Crippen LogP contribution in [0.5, 0.6) is 0 Å². The highest BCUT2D eigenvalue weighted by Crippen LogP contribution is 2.17. The lowest BCUT2D eigenvalue weighted by Gasteiger charge is -1.94. The lowest BCUT2D eigenvalue weighted by Crippen LogP contribution is -1.92. The van der Waals surface area contributed by atoms with Gasteiger partial charge < -0.3 is 0 Å². The number of hydrogen-bond acceptors (Lipinski definition) is 2. The van der Waals surface area contributed by atoms with E-state index in [0.29, 0.717) is 6.07 Å². The standard InChI is InChI=1S/C6HClF2N2/c7-6-3(8)1-5(9)11-4(6)2-10/h1H. The zero-order chi connectivity index (χ0) is 8.43. The van der Waals surface area contributed by atoms with Crippen LogP contribution in [-0.2, 0) is 0 Å². The molecule has 0 aliphatic carbocycles. The van der Waals surface area contributed by atoms with E-state index in [1.165, 1.54) is 6.07 Å². The van der Waals surface area contributed by atoms with Gasteiger partial charge in [0.25, 0.3) is 0 Å². The van der Waals surface area contributed by atoms with Gasteiger partial charge in [0.1, 0.15) is 16.9 Å². The van der Waals surface area contributed by atoms with Crippen LogP contribution in [0.1, 0.15) is 5.69 Å². The zero-order valence-corrected chi connectivity index (χ0v) is 5.86. The number of nitrogens with zero attached hydrogens (tertiary/aromatic N) is 2. The van der Waals surface area contributed by atoms with E-state index in [4.69, 9.17) is 16.9 Å². The second-order valence-corrected chi connectivity index (χ2v) is 2.08. The van der Waals surface area contributed by atoms with Crippen molar-refractivity contribution in [2.45, 2.75) is 0 Å². The predicted molar refractivity (Wildman–Crippen MR) is 33.9 cm³/mol. The first-order chi connectivity index (χ1) is 5.15.